The minimum atomic E-state index is 0.413. The monoisotopic (exact) mass is 348 g/mol. The van der Waals surface area contributed by atoms with E-state index in [9.17, 15) is 0 Å². The van der Waals surface area contributed by atoms with Crippen molar-refractivity contribution in [1.82, 2.24) is 9.55 Å². The molecule has 2 aromatic carbocycles. The fraction of sp³-hybridized carbons (Fsp3) is 0.100. The molecule has 0 saturated carbocycles. The molecular formula is C20H20N4O2. The van der Waals surface area contributed by atoms with Gasteiger partial charge >= 0.3 is 0 Å². The van der Waals surface area contributed by atoms with Crippen LogP contribution in [0.2, 0.25) is 0 Å². The van der Waals surface area contributed by atoms with Crippen LogP contribution in [-0.2, 0) is 13.7 Å². The molecule has 0 atom stereocenters. The third-order valence-electron chi connectivity index (χ3n) is 3.80. The van der Waals surface area contributed by atoms with E-state index in [4.69, 9.17) is 20.6 Å². The highest BCUT2D eigenvalue weighted by Crippen LogP contribution is 2.25. The summed E-state index contributed by atoms with van der Waals surface area (Å²) in [5, 5.41) is 7.05. The lowest BCUT2D eigenvalue weighted by Gasteiger charge is -2.09. The van der Waals surface area contributed by atoms with Crippen molar-refractivity contribution in [2.24, 2.45) is 12.8 Å². The van der Waals surface area contributed by atoms with Crippen molar-refractivity contribution in [3.63, 3.8) is 0 Å². The van der Waals surface area contributed by atoms with E-state index in [1.807, 2.05) is 66.3 Å². The molecule has 26 heavy (non-hydrogen) atoms. The zero-order valence-corrected chi connectivity index (χ0v) is 14.4. The summed E-state index contributed by atoms with van der Waals surface area (Å²) >= 11 is 0. The van der Waals surface area contributed by atoms with Crippen molar-refractivity contribution >= 4 is 11.9 Å². The van der Waals surface area contributed by atoms with Gasteiger partial charge in [0.15, 0.2) is 0 Å². The number of aromatic nitrogens is 2. The van der Waals surface area contributed by atoms with E-state index in [-0.39, 0.29) is 0 Å². The van der Waals surface area contributed by atoms with Crippen LogP contribution in [0.1, 0.15) is 11.4 Å². The molecule has 0 saturated heterocycles. The number of allylic oxidation sites excluding steroid dienone is 1. The quantitative estimate of drug-likeness (QED) is 0.637. The van der Waals surface area contributed by atoms with Crippen molar-refractivity contribution in [3.8, 4) is 17.2 Å². The maximum Gasteiger partial charge on any atom is 0.146 e. The zero-order chi connectivity index (χ0) is 18.4. The third kappa shape index (κ3) is 4.30. The molecule has 0 amide bonds. The predicted octanol–water partition coefficient (Wildman–Crippen LogP) is 3.74. The molecule has 6 nitrogen and oxygen atoms in total. The minimum Gasteiger partial charge on any atom is -0.486 e. The summed E-state index contributed by atoms with van der Waals surface area (Å²) in [7, 11) is 1.93. The maximum absolute atomic E-state index is 7.05. The Morgan fingerprint density at radius 3 is 2.27 bits per heavy atom. The molecule has 3 rings (SSSR count). The second-order valence-corrected chi connectivity index (χ2v) is 5.63. The molecular weight excluding hydrogens is 328 g/mol. The van der Waals surface area contributed by atoms with Gasteiger partial charge in [-0.1, -0.05) is 0 Å². The lowest BCUT2D eigenvalue weighted by molar-refractivity contribution is 0.291. The van der Waals surface area contributed by atoms with Gasteiger partial charge in [-0.25, -0.2) is 4.98 Å². The fourth-order valence-electron chi connectivity index (χ4n) is 2.32. The highest BCUT2D eigenvalue weighted by molar-refractivity contribution is 5.81. The summed E-state index contributed by atoms with van der Waals surface area (Å²) in [5.74, 6) is 3.03. The predicted molar refractivity (Wildman–Crippen MR) is 101 cm³/mol. The Labute approximate surface area is 152 Å². The van der Waals surface area contributed by atoms with E-state index in [1.165, 1.54) is 0 Å². The number of aryl methyl sites for hydroxylation is 1. The van der Waals surface area contributed by atoms with Crippen LogP contribution in [0.5, 0.6) is 17.2 Å². The molecule has 0 spiro atoms. The van der Waals surface area contributed by atoms with Crippen LogP contribution in [0.25, 0.3) is 5.70 Å². The summed E-state index contributed by atoms with van der Waals surface area (Å²) in [4.78, 5) is 4.22. The van der Waals surface area contributed by atoms with Crippen molar-refractivity contribution in [2.45, 2.75) is 6.61 Å². The summed E-state index contributed by atoms with van der Waals surface area (Å²) in [6.45, 7) is 0.413. The molecule has 3 aromatic rings. The van der Waals surface area contributed by atoms with Gasteiger partial charge < -0.3 is 25.2 Å². The number of nitrogens with zero attached hydrogens (tertiary/aromatic N) is 2. The first-order valence-electron chi connectivity index (χ1n) is 8.09. The van der Waals surface area contributed by atoms with Crippen LogP contribution in [0.4, 0.5) is 0 Å². The number of benzene rings is 2. The molecule has 0 aliphatic heterocycles. The second-order valence-electron chi connectivity index (χ2n) is 5.63. The van der Waals surface area contributed by atoms with Gasteiger partial charge in [-0.05, 0) is 60.2 Å². The number of nitrogens with two attached hydrogens (primary N) is 1. The Bertz CT molecular complexity index is 896. The summed E-state index contributed by atoms with van der Waals surface area (Å²) in [6, 6.07) is 14.8. The number of nitrogens with one attached hydrogen (secondary N) is 1. The Balaban J connectivity index is 1.59. The molecule has 0 unspecified atom stereocenters. The number of imidazole rings is 1. The lowest BCUT2D eigenvalue weighted by Crippen LogP contribution is -2.02. The van der Waals surface area contributed by atoms with Gasteiger partial charge in [0.25, 0.3) is 0 Å². The lowest BCUT2D eigenvalue weighted by atomic mass is 10.1. The van der Waals surface area contributed by atoms with Crippen LogP contribution in [0.15, 0.2) is 67.0 Å². The average Bonchev–Trinajstić information content (AvgIpc) is 3.07. The highest BCUT2D eigenvalue weighted by Gasteiger charge is 2.03. The molecule has 1 aromatic heterocycles. The molecule has 132 valence electrons. The number of hydrogen-bond acceptors (Lipinski definition) is 5. The van der Waals surface area contributed by atoms with E-state index in [0.717, 1.165) is 23.4 Å². The molecule has 1 heterocycles. The van der Waals surface area contributed by atoms with Gasteiger partial charge in [0.05, 0.1) is 0 Å². The first-order chi connectivity index (χ1) is 12.7. The van der Waals surface area contributed by atoms with Gasteiger partial charge in [0.1, 0.15) is 29.7 Å². The first-order valence-corrected chi connectivity index (χ1v) is 8.09. The van der Waals surface area contributed by atoms with E-state index < -0.39 is 0 Å². The van der Waals surface area contributed by atoms with Crippen molar-refractivity contribution < 1.29 is 9.47 Å². The number of rotatable bonds is 7. The van der Waals surface area contributed by atoms with Gasteiger partial charge in [0, 0.05) is 31.4 Å². The maximum atomic E-state index is 7.05. The van der Waals surface area contributed by atoms with Crippen LogP contribution in [0, 0.1) is 5.41 Å². The Morgan fingerprint density at radius 1 is 1.08 bits per heavy atom. The first kappa shape index (κ1) is 17.3. The second kappa shape index (κ2) is 8.02. The van der Waals surface area contributed by atoms with Crippen LogP contribution in [-0.4, -0.2) is 15.8 Å². The van der Waals surface area contributed by atoms with E-state index in [2.05, 4.69) is 4.98 Å². The molecule has 0 bridgehead atoms. The van der Waals surface area contributed by atoms with Crippen LogP contribution >= 0.6 is 0 Å². The van der Waals surface area contributed by atoms with E-state index in [1.54, 1.807) is 12.3 Å². The summed E-state index contributed by atoms with van der Waals surface area (Å²) < 4.78 is 13.5. The van der Waals surface area contributed by atoms with E-state index >= 15 is 0 Å². The fourth-order valence-corrected chi connectivity index (χ4v) is 2.32. The number of ether oxygens (including phenoxy) is 2. The Kier molecular flexibility index (Phi) is 5.34. The zero-order valence-electron chi connectivity index (χ0n) is 14.4. The third-order valence-corrected chi connectivity index (χ3v) is 3.80. The van der Waals surface area contributed by atoms with Gasteiger partial charge in [-0.2, -0.15) is 0 Å². The minimum absolute atomic E-state index is 0.413. The van der Waals surface area contributed by atoms with E-state index in [0.29, 0.717) is 23.8 Å². The standard InChI is InChI=1S/C20H20N4O2/c1-24-13-12-23-20(24)14-25-16-6-8-18(9-7-16)26-17-4-2-15(3-5-17)19(22)10-11-21/h2-13,21H,14,22H2,1H3/b19-10-,21-11?. The van der Waals surface area contributed by atoms with Gasteiger partial charge in [0.2, 0.25) is 0 Å². The molecule has 0 aliphatic carbocycles. The van der Waals surface area contributed by atoms with Crippen LogP contribution in [0.3, 0.4) is 0 Å². The molecule has 0 radical (unpaired) electrons. The van der Waals surface area contributed by atoms with Crippen molar-refractivity contribution in [3.05, 3.63) is 78.4 Å². The van der Waals surface area contributed by atoms with Crippen molar-refractivity contribution in [2.75, 3.05) is 0 Å². The highest BCUT2D eigenvalue weighted by atomic mass is 16.5. The van der Waals surface area contributed by atoms with Gasteiger partial charge in [-0.15, -0.1) is 0 Å². The van der Waals surface area contributed by atoms with Crippen LogP contribution < -0.4 is 15.2 Å². The molecule has 6 heteroatoms. The topological polar surface area (TPSA) is 86.2 Å². The summed E-state index contributed by atoms with van der Waals surface area (Å²) in [6.07, 6.45) is 6.34. The van der Waals surface area contributed by atoms with Gasteiger partial charge in [-0.3, -0.25) is 0 Å². The molecule has 3 N–H and O–H groups in total. The molecule has 0 fully saturated rings. The largest absolute Gasteiger partial charge is 0.486 e. The normalized spacial score (nSPS) is 11.2. The SMILES string of the molecule is Cn1ccnc1COc1ccc(Oc2ccc(/C(N)=C/C=N)cc2)cc1. The Morgan fingerprint density at radius 2 is 1.69 bits per heavy atom. The smallest absolute Gasteiger partial charge is 0.146 e. The number of hydrogen-bond donors (Lipinski definition) is 2. The summed E-state index contributed by atoms with van der Waals surface area (Å²) in [5.41, 5.74) is 7.24. The average molecular weight is 348 g/mol. The Hall–Kier alpha value is -3.54. The van der Waals surface area contributed by atoms with Crippen molar-refractivity contribution in [1.29, 1.82) is 5.41 Å². The molecule has 0 aliphatic rings.